The largest absolute Gasteiger partial charge is 0.326 e. The first-order valence-corrected chi connectivity index (χ1v) is 9.39. The number of rotatable bonds is 8. The van der Waals surface area contributed by atoms with Crippen molar-refractivity contribution in [2.75, 3.05) is 10.6 Å². The van der Waals surface area contributed by atoms with E-state index in [1.54, 1.807) is 19.1 Å². The van der Waals surface area contributed by atoms with Crippen molar-refractivity contribution >= 4 is 40.6 Å². The molecule has 0 heterocycles. The van der Waals surface area contributed by atoms with Crippen LogP contribution in [0.1, 0.15) is 26.7 Å². The Balaban J connectivity index is 1.89. The summed E-state index contributed by atoms with van der Waals surface area (Å²) in [7, 11) is 0. The average molecular weight is 387 g/mol. The van der Waals surface area contributed by atoms with Crippen LogP contribution in [-0.2, 0) is 9.59 Å². The molecule has 0 aliphatic heterocycles. The summed E-state index contributed by atoms with van der Waals surface area (Å²) in [5, 5.41) is 15.8. The van der Waals surface area contributed by atoms with Crippen molar-refractivity contribution in [1.82, 2.24) is 0 Å². The molecule has 0 aliphatic carbocycles. The molecule has 2 N–H and O–H groups in total. The van der Waals surface area contributed by atoms with Crippen molar-refractivity contribution in [2.24, 2.45) is 0 Å². The number of carbonyl (C=O) groups excluding carboxylic acids is 2. The van der Waals surface area contributed by atoms with Crippen molar-refractivity contribution in [2.45, 2.75) is 36.8 Å². The van der Waals surface area contributed by atoms with Gasteiger partial charge in [0.05, 0.1) is 10.2 Å². The number of thioether (sulfide) groups is 1. The van der Waals surface area contributed by atoms with Gasteiger partial charge in [-0.1, -0.05) is 6.92 Å². The molecule has 0 aliphatic rings. The third-order valence-corrected chi connectivity index (χ3v) is 4.75. The van der Waals surface area contributed by atoms with Crippen LogP contribution in [0.5, 0.6) is 0 Å². The zero-order chi connectivity index (χ0) is 19.8. The van der Waals surface area contributed by atoms with E-state index in [4.69, 9.17) is 0 Å². The number of non-ortho nitro benzene ring substituents is 1. The van der Waals surface area contributed by atoms with Crippen molar-refractivity contribution in [3.8, 4) is 0 Å². The molecule has 2 aromatic rings. The number of nitrogens with one attached hydrogen (secondary N) is 2. The maximum absolute atomic E-state index is 12.3. The molecule has 8 heteroatoms. The van der Waals surface area contributed by atoms with Gasteiger partial charge in [0, 0.05) is 34.8 Å². The van der Waals surface area contributed by atoms with Crippen LogP contribution in [0.2, 0.25) is 0 Å². The Labute approximate surface area is 161 Å². The summed E-state index contributed by atoms with van der Waals surface area (Å²) in [4.78, 5) is 35.0. The third-order valence-electron chi connectivity index (χ3n) is 3.64. The van der Waals surface area contributed by atoms with E-state index in [0.717, 1.165) is 17.0 Å². The first-order chi connectivity index (χ1) is 12.9. The highest BCUT2D eigenvalue weighted by atomic mass is 32.2. The molecule has 0 bridgehead atoms. The summed E-state index contributed by atoms with van der Waals surface area (Å²) < 4.78 is 0. The molecule has 0 saturated carbocycles. The SMILES string of the molecule is CCCC(=O)Nc1ccc(SC(C)C(=O)Nc2ccc([N+](=O)[O-])cc2)cc1. The Morgan fingerprint density at radius 1 is 1.04 bits per heavy atom. The molecule has 0 radical (unpaired) electrons. The smallest absolute Gasteiger partial charge is 0.269 e. The number of hydrogen-bond donors (Lipinski definition) is 2. The van der Waals surface area contributed by atoms with Gasteiger partial charge in [0.25, 0.3) is 5.69 Å². The van der Waals surface area contributed by atoms with E-state index in [1.807, 2.05) is 19.1 Å². The van der Waals surface area contributed by atoms with Crippen LogP contribution < -0.4 is 10.6 Å². The highest BCUT2D eigenvalue weighted by Gasteiger charge is 2.15. The van der Waals surface area contributed by atoms with Crippen molar-refractivity contribution in [1.29, 1.82) is 0 Å². The molecular formula is C19H21N3O4S. The average Bonchev–Trinajstić information content (AvgIpc) is 2.64. The lowest BCUT2D eigenvalue weighted by Gasteiger charge is -2.12. The van der Waals surface area contributed by atoms with E-state index in [1.165, 1.54) is 36.0 Å². The highest BCUT2D eigenvalue weighted by molar-refractivity contribution is 8.00. The van der Waals surface area contributed by atoms with E-state index in [0.29, 0.717) is 12.1 Å². The van der Waals surface area contributed by atoms with Crippen LogP contribution in [0.15, 0.2) is 53.4 Å². The van der Waals surface area contributed by atoms with Gasteiger partial charge in [-0.25, -0.2) is 0 Å². The summed E-state index contributed by atoms with van der Waals surface area (Å²) in [6, 6.07) is 13.0. The summed E-state index contributed by atoms with van der Waals surface area (Å²) in [6.45, 7) is 3.73. The van der Waals surface area contributed by atoms with Crippen molar-refractivity contribution in [3.05, 3.63) is 58.6 Å². The Hall–Kier alpha value is -2.87. The Bertz CT molecular complexity index is 807. The minimum Gasteiger partial charge on any atom is -0.326 e. The molecule has 27 heavy (non-hydrogen) atoms. The van der Waals surface area contributed by atoms with Gasteiger partial charge >= 0.3 is 0 Å². The van der Waals surface area contributed by atoms with Crippen LogP contribution in [0.4, 0.5) is 17.1 Å². The van der Waals surface area contributed by atoms with Gasteiger partial charge in [0.15, 0.2) is 0 Å². The van der Waals surface area contributed by atoms with Crippen LogP contribution in [0.25, 0.3) is 0 Å². The molecule has 0 fully saturated rings. The Morgan fingerprint density at radius 3 is 2.15 bits per heavy atom. The quantitative estimate of drug-likeness (QED) is 0.396. The van der Waals surface area contributed by atoms with Gasteiger partial charge in [-0.05, 0) is 49.7 Å². The summed E-state index contributed by atoms with van der Waals surface area (Å²) in [6.07, 6.45) is 1.28. The zero-order valence-electron chi connectivity index (χ0n) is 15.1. The standard InChI is InChI=1S/C19H21N3O4S/c1-3-4-18(23)20-14-7-11-17(12-8-14)27-13(2)19(24)21-15-5-9-16(10-6-15)22(25)26/h5-13H,3-4H2,1-2H3,(H,20,23)(H,21,24). The minimum absolute atomic E-state index is 0.0197. The summed E-state index contributed by atoms with van der Waals surface area (Å²) in [5.41, 5.74) is 1.20. The summed E-state index contributed by atoms with van der Waals surface area (Å²) >= 11 is 1.38. The lowest BCUT2D eigenvalue weighted by Crippen LogP contribution is -2.22. The predicted molar refractivity (Wildman–Crippen MR) is 107 cm³/mol. The van der Waals surface area contributed by atoms with Gasteiger partial charge < -0.3 is 10.6 Å². The topological polar surface area (TPSA) is 101 Å². The molecule has 142 valence electrons. The van der Waals surface area contributed by atoms with Crippen LogP contribution in [-0.4, -0.2) is 22.0 Å². The normalized spacial score (nSPS) is 11.5. The Kier molecular flexibility index (Phi) is 7.36. The van der Waals surface area contributed by atoms with Crippen molar-refractivity contribution < 1.29 is 14.5 Å². The van der Waals surface area contributed by atoms with E-state index in [9.17, 15) is 19.7 Å². The molecule has 0 aromatic heterocycles. The number of benzene rings is 2. The van der Waals surface area contributed by atoms with Gasteiger partial charge in [-0.15, -0.1) is 11.8 Å². The number of nitro benzene ring substituents is 1. The maximum atomic E-state index is 12.3. The van der Waals surface area contributed by atoms with Gasteiger partial charge in [0.2, 0.25) is 11.8 Å². The van der Waals surface area contributed by atoms with E-state index < -0.39 is 4.92 Å². The third kappa shape index (κ3) is 6.41. The fraction of sp³-hybridized carbons (Fsp3) is 0.263. The fourth-order valence-corrected chi connectivity index (χ4v) is 3.10. The number of carbonyl (C=O) groups is 2. The minimum atomic E-state index is -0.488. The molecule has 1 unspecified atom stereocenters. The monoisotopic (exact) mass is 387 g/mol. The fourth-order valence-electron chi connectivity index (χ4n) is 2.24. The molecule has 7 nitrogen and oxygen atoms in total. The lowest BCUT2D eigenvalue weighted by molar-refractivity contribution is -0.384. The lowest BCUT2D eigenvalue weighted by atomic mass is 10.3. The molecule has 0 spiro atoms. The van der Waals surface area contributed by atoms with Crippen LogP contribution in [0.3, 0.4) is 0 Å². The first kappa shape index (κ1) is 20.4. The molecule has 2 rings (SSSR count). The molecule has 2 amide bonds. The molecule has 1 atom stereocenters. The van der Waals surface area contributed by atoms with Crippen LogP contribution in [0, 0.1) is 10.1 Å². The number of nitrogens with zero attached hydrogens (tertiary/aromatic N) is 1. The molecule has 2 aromatic carbocycles. The number of amides is 2. The number of anilines is 2. The second-order valence-electron chi connectivity index (χ2n) is 5.88. The van der Waals surface area contributed by atoms with Gasteiger partial charge in [0.1, 0.15) is 0 Å². The summed E-state index contributed by atoms with van der Waals surface area (Å²) in [5.74, 6) is -0.220. The van der Waals surface area contributed by atoms with E-state index in [2.05, 4.69) is 10.6 Å². The van der Waals surface area contributed by atoms with Gasteiger partial charge in [-0.2, -0.15) is 0 Å². The molecular weight excluding hydrogens is 366 g/mol. The molecule has 0 saturated heterocycles. The Morgan fingerprint density at radius 2 is 1.59 bits per heavy atom. The predicted octanol–water partition coefficient (Wildman–Crippen LogP) is 4.45. The first-order valence-electron chi connectivity index (χ1n) is 8.51. The second-order valence-corrected chi connectivity index (χ2v) is 7.29. The van der Waals surface area contributed by atoms with E-state index >= 15 is 0 Å². The number of hydrogen-bond acceptors (Lipinski definition) is 5. The van der Waals surface area contributed by atoms with Crippen LogP contribution >= 0.6 is 11.8 Å². The second kappa shape index (κ2) is 9.72. The van der Waals surface area contributed by atoms with Crippen molar-refractivity contribution in [3.63, 3.8) is 0 Å². The van der Waals surface area contributed by atoms with E-state index in [-0.39, 0.29) is 22.8 Å². The zero-order valence-corrected chi connectivity index (χ0v) is 15.9. The highest BCUT2D eigenvalue weighted by Crippen LogP contribution is 2.26. The maximum Gasteiger partial charge on any atom is 0.269 e. The van der Waals surface area contributed by atoms with Gasteiger partial charge in [-0.3, -0.25) is 19.7 Å². The number of nitro groups is 1.